The lowest BCUT2D eigenvalue weighted by Crippen LogP contribution is -2.56. The average molecular weight is 353 g/mol. The molecule has 4 rings (SSSR count). The lowest BCUT2D eigenvalue weighted by atomic mass is 9.66. The van der Waals surface area contributed by atoms with E-state index in [1.54, 1.807) is 12.1 Å². The fourth-order valence-corrected chi connectivity index (χ4v) is 4.73. The van der Waals surface area contributed by atoms with Gasteiger partial charge in [-0.25, -0.2) is 4.39 Å². The van der Waals surface area contributed by atoms with Crippen molar-refractivity contribution in [2.45, 2.75) is 43.7 Å². The lowest BCUT2D eigenvalue weighted by Gasteiger charge is -2.52. The van der Waals surface area contributed by atoms with Gasteiger partial charge in [0.15, 0.2) is 0 Å². The molecule has 2 aromatic carbocycles. The minimum Gasteiger partial charge on any atom is -0.389 e. The summed E-state index contributed by atoms with van der Waals surface area (Å²) in [5, 5.41) is 11.2. The quantitative estimate of drug-likeness (QED) is 0.873. The van der Waals surface area contributed by atoms with Gasteiger partial charge in [-0.3, -0.25) is 4.79 Å². The van der Waals surface area contributed by atoms with E-state index < -0.39 is 5.60 Å². The van der Waals surface area contributed by atoms with E-state index in [4.69, 9.17) is 0 Å². The van der Waals surface area contributed by atoms with Crippen molar-refractivity contribution in [1.29, 1.82) is 0 Å². The molecule has 4 heteroatoms. The number of aliphatic hydroxyl groups is 1. The number of rotatable bonds is 2. The molecule has 1 amide bonds. The number of likely N-dealkylation sites (tertiary alicyclic amines) is 1. The number of hydrogen-bond donors (Lipinski definition) is 1. The van der Waals surface area contributed by atoms with Crippen molar-refractivity contribution in [3.05, 3.63) is 71.5 Å². The van der Waals surface area contributed by atoms with Crippen molar-refractivity contribution < 1.29 is 14.3 Å². The zero-order valence-corrected chi connectivity index (χ0v) is 14.8. The van der Waals surface area contributed by atoms with Crippen LogP contribution in [0.3, 0.4) is 0 Å². The molecule has 3 nitrogen and oxygen atoms in total. The zero-order chi connectivity index (χ0) is 18.1. The van der Waals surface area contributed by atoms with E-state index in [9.17, 15) is 14.3 Å². The Morgan fingerprint density at radius 2 is 1.77 bits per heavy atom. The molecule has 1 aliphatic heterocycles. The fraction of sp³-hybridized carbons (Fsp3) is 0.409. The van der Waals surface area contributed by atoms with Crippen LogP contribution in [0, 0.1) is 11.7 Å². The van der Waals surface area contributed by atoms with Crippen molar-refractivity contribution in [3.8, 4) is 0 Å². The van der Waals surface area contributed by atoms with Crippen molar-refractivity contribution in [3.63, 3.8) is 0 Å². The molecular weight excluding hydrogens is 329 g/mol. The summed E-state index contributed by atoms with van der Waals surface area (Å²) in [6.07, 6.45) is 4.35. The number of amides is 1. The molecule has 1 heterocycles. The maximum atomic E-state index is 13.5. The third-order valence-corrected chi connectivity index (χ3v) is 6.06. The highest BCUT2D eigenvalue weighted by atomic mass is 19.1. The highest BCUT2D eigenvalue weighted by molar-refractivity contribution is 5.94. The molecule has 2 aliphatic rings. The molecule has 1 N–H and O–H groups in total. The van der Waals surface area contributed by atoms with E-state index in [1.807, 2.05) is 35.2 Å². The minimum absolute atomic E-state index is 0.0110. The van der Waals surface area contributed by atoms with Crippen molar-refractivity contribution in [1.82, 2.24) is 4.90 Å². The van der Waals surface area contributed by atoms with Crippen LogP contribution in [-0.4, -0.2) is 28.1 Å². The molecule has 0 unspecified atom stereocenters. The second kappa shape index (κ2) is 6.84. The van der Waals surface area contributed by atoms with Gasteiger partial charge in [-0.15, -0.1) is 0 Å². The number of benzene rings is 2. The van der Waals surface area contributed by atoms with Gasteiger partial charge in [-0.2, -0.15) is 0 Å². The Kier molecular flexibility index (Phi) is 4.53. The second-order valence-corrected chi connectivity index (χ2v) is 7.57. The van der Waals surface area contributed by atoms with Crippen LogP contribution in [0.5, 0.6) is 0 Å². The maximum Gasteiger partial charge on any atom is 0.254 e. The SMILES string of the molecule is O=C(c1ccccc1)N1CC[C@@]2(O)CCCC[C@H]2[C@@H]1c1ccc(F)cc1. The summed E-state index contributed by atoms with van der Waals surface area (Å²) < 4.78 is 13.5. The Labute approximate surface area is 153 Å². The third kappa shape index (κ3) is 3.03. The summed E-state index contributed by atoms with van der Waals surface area (Å²) in [4.78, 5) is 15.1. The van der Waals surface area contributed by atoms with Crippen LogP contribution >= 0.6 is 0 Å². The summed E-state index contributed by atoms with van der Waals surface area (Å²) in [6.45, 7) is 0.517. The average Bonchev–Trinajstić information content (AvgIpc) is 2.67. The molecule has 0 bridgehead atoms. The van der Waals surface area contributed by atoms with E-state index in [0.717, 1.165) is 31.2 Å². The van der Waals surface area contributed by atoms with E-state index >= 15 is 0 Å². The van der Waals surface area contributed by atoms with Crippen LogP contribution in [0.1, 0.15) is 54.1 Å². The van der Waals surface area contributed by atoms with Crippen LogP contribution < -0.4 is 0 Å². The molecule has 0 spiro atoms. The lowest BCUT2D eigenvalue weighted by molar-refractivity contribution is -0.115. The molecule has 3 atom stereocenters. The first-order valence-corrected chi connectivity index (χ1v) is 9.42. The zero-order valence-electron chi connectivity index (χ0n) is 14.8. The van der Waals surface area contributed by atoms with Gasteiger partial charge in [0, 0.05) is 18.0 Å². The van der Waals surface area contributed by atoms with Crippen molar-refractivity contribution in [2.75, 3.05) is 6.54 Å². The normalized spacial score (nSPS) is 28.5. The molecule has 1 saturated heterocycles. The number of hydrogen-bond acceptors (Lipinski definition) is 2. The second-order valence-electron chi connectivity index (χ2n) is 7.57. The molecule has 26 heavy (non-hydrogen) atoms. The number of nitrogens with zero attached hydrogens (tertiary/aromatic N) is 1. The van der Waals surface area contributed by atoms with Crippen LogP contribution in [0.2, 0.25) is 0 Å². The summed E-state index contributed by atoms with van der Waals surface area (Å²) in [5.74, 6) is -0.319. The maximum absolute atomic E-state index is 13.5. The third-order valence-electron chi connectivity index (χ3n) is 6.06. The van der Waals surface area contributed by atoms with Gasteiger partial charge in [-0.05, 0) is 49.1 Å². The van der Waals surface area contributed by atoms with Gasteiger partial charge in [0.05, 0.1) is 11.6 Å². The minimum atomic E-state index is -0.731. The van der Waals surface area contributed by atoms with E-state index in [1.165, 1.54) is 12.1 Å². The van der Waals surface area contributed by atoms with Gasteiger partial charge in [0.1, 0.15) is 5.82 Å². The molecule has 1 saturated carbocycles. The van der Waals surface area contributed by atoms with Crippen LogP contribution in [0.15, 0.2) is 54.6 Å². The number of carbonyl (C=O) groups is 1. The highest BCUT2D eigenvalue weighted by Crippen LogP contribution is 2.49. The smallest absolute Gasteiger partial charge is 0.254 e. The number of halogens is 1. The molecular formula is C22H24FNO2. The number of piperidine rings is 1. The Morgan fingerprint density at radius 1 is 1.04 bits per heavy atom. The Balaban J connectivity index is 1.74. The fourth-order valence-electron chi connectivity index (χ4n) is 4.73. The summed E-state index contributed by atoms with van der Waals surface area (Å²) in [7, 11) is 0. The van der Waals surface area contributed by atoms with Gasteiger partial charge in [-0.1, -0.05) is 43.2 Å². The van der Waals surface area contributed by atoms with Gasteiger partial charge < -0.3 is 10.0 Å². The topological polar surface area (TPSA) is 40.5 Å². The van der Waals surface area contributed by atoms with Gasteiger partial charge in [0.2, 0.25) is 0 Å². The Bertz CT molecular complexity index is 776. The Morgan fingerprint density at radius 3 is 2.50 bits per heavy atom. The number of fused-ring (bicyclic) bond motifs is 1. The molecule has 0 radical (unpaired) electrons. The van der Waals surface area contributed by atoms with E-state index in [0.29, 0.717) is 18.5 Å². The van der Waals surface area contributed by atoms with E-state index in [-0.39, 0.29) is 23.7 Å². The first-order chi connectivity index (χ1) is 12.6. The number of carbonyl (C=O) groups excluding carboxylic acids is 1. The van der Waals surface area contributed by atoms with Crippen molar-refractivity contribution >= 4 is 5.91 Å². The van der Waals surface area contributed by atoms with Crippen LogP contribution in [0.4, 0.5) is 4.39 Å². The van der Waals surface area contributed by atoms with Crippen molar-refractivity contribution in [2.24, 2.45) is 5.92 Å². The van der Waals surface area contributed by atoms with Gasteiger partial charge in [0.25, 0.3) is 5.91 Å². The van der Waals surface area contributed by atoms with E-state index in [2.05, 4.69) is 0 Å². The standard InChI is InChI=1S/C22H24FNO2/c23-18-11-9-16(10-12-18)20-19-8-4-5-13-22(19,26)14-15-24(20)21(25)17-6-2-1-3-7-17/h1-3,6-7,9-12,19-20,26H,4-5,8,13-15H2/t19-,20-,22-/m0/s1. The Hall–Kier alpha value is -2.20. The highest BCUT2D eigenvalue weighted by Gasteiger charge is 2.50. The molecule has 2 aromatic rings. The summed E-state index contributed by atoms with van der Waals surface area (Å²) in [6, 6.07) is 15.4. The first-order valence-electron chi connectivity index (χ1n) is 9.42. The van der Waals surface area contributed by atoms with Crippen LogP contribution in [0.25, 0.3) is 0 Å². The first kappa shape index (κ1) is 17.2. The predicted molar refractivity (Wildman–Crippen MR) is 98.1 cm³/mol. The van der Waals surface area contributed by atoms with Gasteiger partial charge >= 0.3 is 0 Å². The molecule has 2 fully saturated rings. The monoisotopic (exact) mass is 353 g/mol. The predicted octanol–water partition coefficient (Wildman–Crippen LogP) is 4.33. The summed E-state index contributed by atoms with van der Waals surface area (Å²) in [5.41, 5.74) is 0.826. The summed E-state index contributed by atoms with van der Waals surface area (Å²) >= 11 is 0. The molecule has 1 aliphatic carbocycles. The molecule has 0 aromatic heterocycles. The largest absolute Gasteiger partial charge is 0.389 e. The van der Waals surface area contributed by atoms with Crippen LogP contribution in [-0.2, 0) is 0 Å². The molecule has 136 valence electrons.